The van der Waals surface area contributed by atoms with Crippen molar-refractivity contribution in [2.45, 2.75) is 57.5 Å². The predicted molar refractivity (Wildman–Crippen MR) is 101 cm³/mol. The van der Waals surface area contributed by atoms with Gasteiger partial charge in [0, 0.05) is 37.0 Å². The first-order chi connectivity index (χ1) is 11.5. The van der Waals surface area contributed by atoms with Crippen LogP contribution in [0.4, 0.5) is 0 Å². The maximum Gasteiger partial charge on any atom is 0.222 e. The summed E-state index contributed by atoms with van der Waals surface area (Å²) in [7, 11) is 1.60. The third-order valence-electron chi connectivity index (χ3n) is 4.68. The predicted octanol–water partition coefficient (Wildman–Crippen LogP) is 3.20. The number of amides is 1. The molecule has 1 aliphatic heterocycles. The zero-order chi connectivity index (χ0) is 17.5. The van der Waals surface area contributed by atoms with Crippen molar-refractivity contribution in [3.05, 3.63) is 29.8 Å². The first-order valence-electron chi connectivity index (χ1n) is 8.75. The summed E-state index contributed by atoms with van der Waals surface area (Å²) in [5, 5.41) is 0. The summed E-state index contributed by atoms with van der Waals surface area (Å²) >= 11 is 0. The van der Waals surface area contributed by atoms with E-state index in [1.807, 2.05) is 11.8 Å². The molecule has 0 spiro atoms. The van der Waals surface area contributed by atoms with Crippen LogP contribution in [-0.4, -0.2) is 42.3 Å². The van der Waals surface area contributed by atoms with E-state index in [-0.39, 0.29) is 36.2 Å². The van der Waals surface area contributed by atoms with Gasteiger partial charge < -0.3 is 15.4 Å². The first kappa shape index (κ1) is 21.5. The van der Waals surface area contributed by atoms with Gasteiger partial charge in [-0.05, 0) is 56.9 Å². The highest BCUT2D eigenvalue weighted by molar-refractivity contribution is 5.96. The van der Waals surface area contributed by atoms with Crippen LogP contribution in [0.15, 0.2) is 24.3 Å². The van der Waals surface area contributed by atoms with E-state index in [0.29, 0.717) is 24.8 Å². The van der Waals surface area contributed by atoms with Gasteiger partial charge in [0.2, 0.25) is 5.91 Å². The number of methoxy groups -OCH3 is 1. The van der Waals surface area contributed by atoms with Crippen LogP contribution in [0.2, 0.25) is 0 Å². The first-order valence-corrected chi connectivity index (χ1v) is 8.75. The number of likely N-dealkylation sites (tertiary alicyclic amines) is 1. The molecule has 1 aromatic carbocycles. The number of hydrogen-bond acceptors (Lipinski definition) is 4. The Labute approximate surface area is 156 Å². The molecule has 1 fully saturated rings. The number of carbonyl (C=O) groups is 2. The summed E-state index contributed by atoms with van der Waals surface area (Å²) in [5.74, 6) is 0.918. The van der Waals surface area contributed by atoms with E-state index in [0.717, 1.165) is 31.6 Å². The third kappa shape index (κ3) is 6.01. The lowest BCUT2D eigenvalue weighted by atomic mass is 9.96. The number of nitrogens with two attached hydrogens (primary N) is 1. The van der Waals surface area contributed by atoms with E-state index >= 15 is 0 Å². The number of halogens is 1. The summed E-state index contributed by atoms with van der Waals surface area (Å²) in [6.07, 6.45) is 4.52. The van der Waals surface area contributed by atoms with Crippen LogP contribution < -0.4 is 10.5 Å². The number of hydrogen-bond donors (Lipinski definition) is 1. The molecule has 25 heavy (non-hydrogen) atoms. The standard InChI is InChI=1S/C19H28N2O3.ClH/c1-14(20)17-6-3-4-13-21(17)19(23)8-5-7-18(22)15-9-11-16(24-2)12-10-15;/h9-12,14,17H,3-8,13,20H2,1-2H3;1H. The van der Waals surface area contributed by atoms with Crippen molar-refractivity contribution in [2.24, 2.45) is 5.73 Å². The van der Waals surface area contributed by atoms with Crippen LogP contribution in [0.5, 0.6) is 5.75 Å². The zero-order valence-electron chi connectivity index (χ0n) is 15.1. The van der Waals surface area contributed by atoms with E-state index in [1.165, 1.54) is 0 Å². The summed E-state index contributed by atoms with van der Waals surface area (Å²) in [4.78, 5) is 26.6. The monoisotopic (exact) mass is 368 g/mol. The normalized spacial score (nSPS) is 18.2. The molecule has 1 heterocycles. The molecule has 5 nitrogen and oxygen atoms in total. The number of benzene rings is 1. The fourth-order valence-electron chi connectivity index (χ4n) is 3.28. The molecule has 0 saturated carbocycles. The maximum atomic E-state index is 12.5. The quantitative estimate of drug-likeness (QED) is 0.750. The number of Topliss-reactive ketones (excluding diaryl/α,β-unsaturated/α-hetero) is 1. The van der Waals surface area contributed by atoms with Crippen LogP contribution in [0.25, 0.3) is 0 Å². The largest absolute Gasteiger partial charge is 0.497 e. The molecule has 2 unspecified atom stereocenters. The Kier molecular flexibility index (Phi) is 8.93. The Balaban J connectivity index is 0.00000312. The number of ether oxygens (including phenoxy) is 1. The van der Waals surface area contributed by atoms with Crippen molar-refractivity contribution < 1.29 is 14.3 Å². The molecule has 1 amide bonds. The molecule has 1 saturated heterocycles. The second kappa shape index (κ2) is 10.4. The average Bonchev–Trinajstić information content (AvgIpc) is 2.61. The number of rotatable bonds is 7. The number of ketones is 1. The van der Waals surface area contributed by atoms with Crippen LogP contribution in [-0.2, 0) is 4.79 Å². The Bertz CT molecular complexity index is 560. The average molecular weight is 369 g/mol. The summed E-state index contributed by atoms with van der Waals surface area (Å²) in [5.41, 5.74) is 6.68. The third-order valence-corrected chi connectivity index (χ3v) is 4.68. The maximum absolute atomic E-state index is 12.5. The molecule has 6 heteroatoms. The van der Waals surface area contributed by atoms with E-state index < -0.39 is 0 Å². The van der Waals surface area contributed by atoms with Gasteiger partial charge >= 0.3 is 0 Å². The van der Waals surface area contributed by atoms with Gasteiger partial charge in [0.25, 0.3) is 0 Å². The molecule has 0 aromatic heterocycles. The van der Waals surface area contributed by atoms with Crippen molar-refractivity contribution >= 4 is 24.1 Å². The minimum atomic E-state index is -0.00446. The SMILES string of the molecule is COc1ccc(C(=O)CCCC(=O)N2CCCCC2C(C)N)cc1.Cl. The van der Waals surface area contributed by atoms with Crippen LogP contribution >= 0.6 is 12.4 Å². The van der Waals surface area contributed by atoms with Gasteiger partial charge in [0.15, 0.2) is 5.78 Å². The lowest BCUT2D eigenvalue weighted by molar-refractivity contribution is -0.135. The lowest BCUT2D eigenvalue weighted by Crippen LogP contribution is -2.51. The molecule has 0 bridgehead atoms. The van der Waals surface area contributed by atoms with E-state index in [1.54, 1.807) is 31.4 Å². The minimum Gasteiger partial charge on any atom is -0.497 e. The Morgan fingerprint density at radius 2 is 1.92 bits per heavy atom. The van der Waals surface area contributed by atoms with Crippen LogP contribution in [0.1, 0.15) is 55.8 Å². The van der Waals surface area contributed by atoms with Gasteiger partial charge in [-0.1, -0.05) is 0 Å². The lowest BCUT2D eigenvalue weighted by Gasteiger charge is -2.38. The van der Waals surface area contributed by atoms with Gasteiger partial charge in [-0.15, -0.1) is 12.4 Å². The summed E-state index contributed by atoms with van der Waals surface area (Å²) < 4.78 is 5.09. The summed E-state index contributed by atoms with van der Waals surface area (Å²) in [6, 6.07) is 7.22. The van der Waals surface area contributed by atoms with E-state index in [2.05, 4.69) is 0 Å². The number of piperidine rings is 1. The van der Waals surface area contributed by atoms with Gasteiger partial charge in [-0.3, -0.25) is 9.59 Å². The molecule has 2 N–H and O–H groups in total. The van der Waals surface area contributed by atoms with Crippen molar-refractivity contribution in [1.82, 2.24) is 4.90 Å². The van der Waals surface area contributed by atoms with Gasteiger partial charge in [-0.25, -0.2) is 0 Å². The minimum absolute atomic E-state index is 0. The second-order valence-corrected chi connectivity index (χ2v) is 6.51. The smallest absolute Gasteiger partial charge is 0.222 e. The van der Waals surface area contributed by atoms with Crippen molar-refractivity contribution in [1.29, 1.82) is 0 Å². The molecule has 1 aliphatic rings. The van der Waals surface area contributed by atoms with Crippen LogP contribution in [0, 0.1) is 0 Å². The highest BCUT2D eigenvalue weighted by Gasteiger charge is 2.28. The molecule has 0 radical (unpaired) electrons. The highest BCUT2D eigenvalue weighted by Crippen LogP contribution is 2.21. The van der Waals surface area contributed by atoms with Gasteiger partial charge in [-0.2, -0.15) is 0 Å². The van der Waals surface area contributed by atoms with Crippen molar-refractivity contribution in [3.63, 3.8) is 0 Å². The number of nitrogens with zero attached hydrogens (tertiary/aromatic N) is 1. The molecular formula is C19H29ClN2O3. The fraction of sp³-hybridized carbons (Fsp3) is 0.579. The van der Waals surface area contributed by atoms with Crippen LogP contribution in [0.3, 0.4) is 0 Å². The molecular weight excluding hydrogens is 340 g/mol. The Morgan fingerprint density at radius 1 is 1.24 bits per heavy atom. The second-order valence-electron chi connectivity index (χ2n) is 6.51. The Morgan fingerprint density at radius 3 is 2.52 bits per heavy atom. The topological polar surface area (TPSA) is 72.6 Å². The molecule has 2 rings (SSSR count). The van der Waals surface area contributed by atoms with E-state index in [4.69, 9.17) is 10.5 Å². The van der Waals surface area contributed by atoms with Gasteiger partial charge in [0.1, 0.15) is 5.75 Å². The molecule has 1 aromatic rings. The summed E-state index contributed by atoms with van der Waals surface area (Å²) in [6.45, 7) is 2.75. The highest BCUT2D eigenvalue weighted by atomic mass is 35.5. The Hall–Kier alpha value is -1.59. The van der Waals surface area contributed by atoms with Crippen molar-refractivity contribution in [3.8, 4) is 5.75 Å². The number of carbonyl (C=O) groups excluding carboxylic acids is 2. The molecule has 140 valence electrons. The zero-order valence-corrected chi connectivity index (χ0v) is 15.9. The van der Waals surface area contributed by atoms with E-state index in [9.17, 15) is 9.59 Å². The fourth-order valence-corrected chi connectivity index (χ4v) is 3.28. The van der Waals surface area contributed by atoms with Crippen molar-refractivity contribution in [2.75, 3.05) is 13.7 Å². The molecule has 0 aliphatic carbocycles. The van der Waals surface area contributed by atoms with Gasteiger partial charge in [0.05, 0.1) is 7.11 Å². The molecule has 2 atom stereocenters.